The number of hydrogen-bond acceptors (Lipinski definition) is 6. The van der Waals surface area contributed by atoms with Crippen LogP contribution < -0.4 is 11.3 Å². The summed E-state index contributed by atoms with van der Waals surface area (Å²) < 4.78 is 0. The van der Waals surface area contributed by atoms with Gasteiger partial charge in [-0.15, -0.1) is 0 Å². The van der Waals surface area contributed by atoms with E-state index in [0.717, 1.165) is 39.1 Å². The van der Waals surface area contributed by atoms with Crippen molar-refractivity contribution in [2.75, 3.05) is 38.1 Å². The zero-order valence-corrected chi connectivity index (χ0v) is 11.2. The molecule has 1 fully saturated rings. The van der Waals surface area contributed by atoms with Crippen LogP contribution >= 0.6 is 0 Å². The Labute approximate surface area is 112 Å². The molecule has 1 aromatic rings. The molecule has 0 aliphatic carbocycles. The predicted octanol–water partition coefficient (Wildman–Crippen LogP) is -0.0700. The van der Waals surface area contributed by atoms with Gasteiger partial charge in [0.05, 0.1) is 12.4 Å². The van der Waals surface area contributed by atoms with Gasteiger partial charge in [0, 0.05) is 26.2 Å². The van der Waals surface area contributed by atoms with Gasteiger partial charge in [-0.05, 0) is 13.0 Å². The smallest absolute Gasteiger partial charge is 0.274 e. The average Bonchev–Trinajstić information content (AvgIpc) is 2.48. The Bertz CT molecular complexity index is 413. The van der Waals surface area contributed by atoms with Crippen molar-refractivity contribution in [3.05, 3.63) is 18.1 Å². The van der Waals surface area contributed by atoms with Crippen molar-refractivity contribution in [3.63, 3.8) is 0 Å². The number of nitrogens with one attached hydrogen (secondary N) is 1. The molecule has 1 saturated heterocycles. The molecule has 1 aliphatic rings. The molecule has 3 N–H and O–H groups in total. The molecule has 7 nitrogen and oxygen atoms in total. The summed E-state index contributed by atoms with van der Waals surface area (Å²) in [5.41, 5.74) is 2.75. The Morgan fingerprint density at radius 3 is 2.58 bits per heavy atom. The molecule has 104 valence electrons. The molecular formula is C12H20N6O. The molecule has 19 heavy (non-hydrogen) atoms. The highest BCUT2D eigenvalue weighted by molar-refractivity contribution is 5.92. The number of anilines is 1. The van der Waals surface area contributed by atoms with Crippen LogP contribution in [0.4, 0.5) is 5.82 Å². The molecule has 2 rings (SSSR count). The van der Waals surface area contributed by atoms with E-state index in [9.17, 15) is 4.79 Å². The van der Waals surface area contributed by atoms with Crippen LogP contribution in [0.25, 0.3) is 0 Å². The van der Waals surface area contributed by atoms with Crippen molar-refractivity contribution in [1.29, 1.82) is 0 Å². The van der Waals surface area contributed by atoms with Crippen LogP contribution in [0.3, 0.4) is 0 Å². The van der Waals surface area contributed by atoms with Crippen molar-refractivity contribution < 1.29 is 4.79 Å². The third kappa shape index (κ3) is 3.39. The number of rotatable bonds is 4. The lowest BCUT2D eigenvalue weighted by atomic mass is 10.2. The van der Waals surface area contributed by atoms with Gasteiger partial charge in [0.15, 0.2) is 5.82 Å². The third-order valence-corrected chi connectivity index (χ3v) is 3.22. The second kappa shape index (κ2) is 6.44. The summed E-state index contributed by atoms with van der Waals surface area (Å²) in [5, 5.41) is 0. The molecule has 2 heterocycles. The molecule has 0 radical (unpaired) electrons. The molecule has 1 amide bonds. The largest absolute Gasteiger partial charge is 0.335 e. The number of carbonyl (C=O) groups excluding carboxylic acids is 1. The second-order valence-electron chi connectivity index (χ2n) is 4.57. The van der Waals surface area contributed by atoms with E-state index in [4.69, 9.17) is 5.84 Å². The number of carbonyl (C=O) groups is 1. The first kappa shape index (κ1) is 13.7. The molecule has 0 saturated carbocycles. The van der Waals surface area contributed by atoms with Gasteiger partial charge in [-0.2, -0.15) is 0 Å². The number of nitrogens with zero attached hydrogens (tertiary/aromatic N) is 4. The van der Waals surface area contributed by atoms with Gasteiger partial charge < -0.3 is 10.3 Å². The van der Waals surface area contributed by atoms with Gasteiger partial charge in [0.2, 0.25) is 0 Å². The number of hydrazine groups is 1. The van der Waals surface area contributed by atoms with E-state index in [1.807, 2.05) is 4.90 Å². The summed E-state index contributed by atoms with van der Waals surface area (Å²) in [6.45, 7) is 6.61. The lowest BCUT2D eigenvalue weighted by molar-refractivity contribution is 0.0631. The molecule has 0 atom stereocenters. The van der Waals surface area contributed by atoms with Gasteiger partial charge >= 0.3 is 0 Å². The molecule has 0 unspecified atom stereocenters. The van der Waals surface area contributed by atoms with E-state index in [1.54, 1.807) is 0 Å². The SMILES string of the molecule is CCCN1CCN(C(=O)c2cnc(NN)cn2)CC1. The summed E-state index contributed by atoms with van der Waals surface area (Å²) in [7, 11) is 0. The highest BCUT2D eigenvalue weighted by atomic mass is 16.2. The topological polar surface area (TPSA) is 87.4 Å². The molecular weight excluding hydrogens is 244 g/mol. The molecule has 0 spiro atoms. The van der Waals surface area contributed by atoms with Crippen LogP contribution in [0.15, 0.2) is 12.4 Å². The van der Waals surface area contributed by atoms with Crippen LogP contribution in [0.2, 0.25) is 0 Å². The van der Waals surface area contributed by atoms with Crippen LogP contribution in [0, 0.1) is 0 Å². The predicted molar refractivity (Wildman–Crippen MR) is 72.5 cm³/mol. The van der Waals surface area contributed by atoms with E-state index < -0.39 is 0 Å². The standard InChI is InChI=1S/C12H20N6O/c1-2-3-17-4-6-18(7-5-17)12(19)10-8-15-11(16-13)9-14-10/h8-9H,2-7,13H2,1H3,(H,15,16). The Hall–Kier alpha value is -1.73. The van der Waals surface area contributed by atoms with E-state index in [0.29, 0.717) is 11.5 Å². The van der Waals surface area contributed by atoms with Gasteiger partial charge in [-0.1, -0.05) is 6.92 Å². The van der Waals surface area contributed by atoms with E-state index >= 15 is 0 Å². The quantitative estimate of drug-likeness (QED) is 0.585. The van der Waals surface area contributed by atoms with E-state index in [1.165, 1.54) is 12.4 Å². The monoisotopic (exact) mass is 264 g/mol. The van der Waals surface area contributed by atoms with Crippen LogP contribution in [0.5, 0.6) is 0 Å². The van der Waals surface area contributed by atoms with E-state index in [2.05, 4.69) is 27.2 Å². The number of aromatic nitrogens is 2. The van der Waals surface area contributed by atoms with Crippen LogP contribution in [-0.4, -0.2) is 58.4 Å². The molecule has 7 heteroatoms. The van der Waals surface area contributed by atoms with E-state index in [-0.39, 0.29) is 5.91 Å². The first-order chi connectivity index (χ1) is 9.24. The molecule has 0 bridgehead atoms. The Kier molecular flexibility index (Phi) is 4.64. The maximum atomic E-state index is 12.2. The normalized spacial score (nSPS) is 16.4. The lowest BCUT2D eigenvalue weighted by Crippen LogP contribution is -2.48. The first-order valence-corrected chi connectivity index (χ1v) is 6.55. The zero-order valence-electron chi connectivity index (χ0n) is 11.2. The fourth-order valence-corrected chi connectivity index (χ4v) is 2.17. The second-order valence-corrected chi connectivity index (χ2v) is 4.57. The summed E-state index contributed by atoms with van der Waals surface area (Å²) in [6, 6.07) is 0. The Balaban J connectivity index is 1.93. The number of piperazine rings is 1. The molecule has 1 aliphatic heterocycles. The number of hydrogen-bond donors (Lipinski definition) is 2. The first-order valence-electron chi connectivity index (χ1n) is 6.55. The van der Waals surface area contributed by atoms with Gasteiger partial charge in [-0.3, -0.25) is 9.69 Å². The minimum absolute atomic E-state index is 0.0628. The maximum absolute atomic E-state index is 12.2. The summed E-state index contributed by atoms with van der Waals surface area (Å²) in [4.78, 5) is 24.5. The maximum Gasteiger partial charge on any atom is 0.274 e. The number of nitrogen functional groups attached to an aromatic ring is 1. The zero-order chi connectivity index (χ0) is 13.7. The molecule has 0 aromatic carbocycles. The summed E-state index contributed by atoms with van der Waals surface area (Å²) >= 11 is 0. The van der Waals surface area contributed by atoms with Crippen LogP contribution in [0.1, 0.15) is 23.8 Å². The fraction of sp³-hybridized carbons (Fsp3) is 0.583. The van der Waals surface area contributed by atoms with Gasteiger partial charge in [-0.25, -0.2) is 15.8 Å². The van der Waals surface area contributed by atoms with Crippen molar-refractivity contribution in [2.24, 2.45) is 5.84 Å². The summed E-state index contributed by atoms with van der Waals surface area (Å²) in [6.07, 6.45) is 4.06. The van der Waals surface area contributed by atoms with Crippen molar-refractivity contribution in [1.82, 2.24) is 19.8 Å². The molecule has 1 aromatic heterocycles. The average molecular weight is 264 g/mol. The third-order valence-electron chi connectivity index (χ3n) is 3.22. The number of amides is 1. The fourth-order valence-electron chi connectivity index (χ4n) is 2.17. The van der Waals surface area contributed by atoms with Gasteiger partial charge in [0.25, 0.3) is 5.91 Å². The number of nitrogens with two attached hydrogens (primary N) is 1. The minimum Gasteiger partial charge on any atom is -0.335 e. The Morgan fingerprint density at radius 1 is 1.32 bits per heavy atom. The highest BCUT2D eigenvalue weighted by Gasteiger charge is 2.22. The minimum atomic E-state index is -0.0628. The summed E-state index contributed by atoms with van der Waals surface area (Å²) in [5.74, 6) is 5.59. The lowest BCUT2D eigenvalue weighted by Gasteiger charge is -2.34. The van der Waals surface area contributed by atoms with Gasteiger partial charge in [0.1, 0.15) is 5.69 Å². The van der Waals surface area contributed by atoms with Crippen molar-refractivity contribution >= 4 is 11.7 Å². The van der Waals surface area contributed by atoms with Crippen molar-refractivity contribution in [3.8, 4) is 0 Å². The highest BCUT2D eigenvalue weighted by Crippen LogP contribution is 2.08. The van der Waals surface area contributed by atoms with Crippen molar-refractivity contribution in [2.45, 2.75) is 13.3 Å². The Morgan fingerprint density at radius 2 is 2.05 bits per heavy atom. The van der Waals surface area contributed by atoms with Crippen LogP contribution in [-0.2, 0) is 0 Å².